The largest absolute Gasteiger partial charge is 0.242 e. The zero-order chi connectivity index (χ0) is 8.97. The molecule has 12 heavy (non-hydrogen) atoms. The van der Waals surface area contributed by atoms with Crippen molar-refractivity contribution in [2.45, 2.75) is 6.92 Å². The van der Waals surface area contributed by atoms with Crippen molar-refractivity contribution < 1.29 is 4.79 Å². The van der Waals surface area contributed by atoms with Crippen molar-refractivity contribution in [1.82, 2.24) is 4.98 Å². The first-order chi connectivity index (χ1) is 5.79. The van der Waals surface area contributed by atoms with Gasteiger partial charge in [-0.05, 0) is 13.0 Å². The molecule has 1 rings (SSSR count). The van der Waals surface area contributed by atoms with Gasteiger partial charge in [-0.25, -0.2) is 9.78 Å². The third kappa shape index (κ3) is 1.36. The molecule has 0 spiro atoms. The second-order valence-electron chi connectivity index (χ2n) is 2.12. The molecule has 58 valence electrons. The van der Waals surface area contributed by atoms with Gasteiger partial charge < -0.3 is 0 Å². The average Bonchev–Trinajstić information content (AvgIpc) is 2.09. The van der Waals surface area contributed by atoms with Crippen LogP contribution >= 0.6 is 0 Å². The molecule has 4 nitrogen and oxygen atoms in total. The lowest BCUT2D eigenvalue weighted by molar-refractivity contribution is 0.565. The molecule has 0 aliphatic carbocycles. The third-order valence-electron chi connectivity index (χ3n) is 1.45. The molecule has 0 radical (unpaired) electrons. The van der Waals surface area contributed by atoms with E-state index in [9.17, 15) is 4.79 Å². The van der Waals surface area contributed by atoms with E-state index in [-0.39, 0.29) is 5.82 Å². The van der Waals surface area contributed by atoms with Crippen molar-refractivity contribution in [3.63, 3.8) is 0 Å². The van der Waals surface area contributed by atoms with Crippen LogP contribution < -0.4 is 0 Å². The molecule has 0 atom stereocenters. The van der Waals surface area contributed by atoms with Crippen molar-refractivity contribution >= 4 is 11.9 Å². The molecular formula is C8H5N3O. The predicted molar refractivity (Wildman–Crippen MR) is 41.5 cm³/mol. The summed E-state index contributed by atoms with van der Waals surface area (Å²) in [6.45, 7) is 1.68. The maximum Gasteiger partial charge on any atom is 0.242 e. The van der Waals surface area contributed by atoms with Crippen LogP contribution in [0.25, 0.3) is 0 Å². The Labute approximate surface area is 69.2 Å². The smallest absolute Gasteiger partial charge is 0.236 e. The lowest BCUT2D eigenvalue weighted by Crippen LogP contribution is -1.85. The van der Waals surface area contributed by atoms with Crippen molar-refractivity contribution in [2.24, 2.45) is 4.99 Å². The number of rotatable bonds is 1. The van der Waals surface area contributed by atoms with Gasteiger partial charge >= 0.3 is 0 Å². The minimum atomic E-state index is 0.254. The van der Waals surface area contributed by atoms with Crippen LogP contribution in [0.5, 0.6) is 0 Å². The number of isocyanates is 1. The van der Waals surface area contributed by atoms with Crippen molar-refractivity contribution in [1.29, 1.82) is 5.26 Å². The fourth-order valence-electron chi connectivity index (χ4n) is 0.802. The predicted octanol–water partition coefficient (Wildman–Crippen LogP) is 1.23. The van der Waals surface area contributed by atoms with E-state index in [1.807, 2.05) is 6.07 Å². The molecule has 0 aliphatic heterocycles. The van der Waals surface area contributed by atoms with Gasteiger partial charge in [0, 0.05) is 11.8 Å². The average molecular weight is 159 g/mol. The zero-order valence-corrected chi connectivity index (χ0v) is 6.40. The van der Waals surface area contributed by atoms with Crippen LogP contribution in [-0.2, 0) is 4.79 Å². The summed E-state index contributed by atoms with van der Waals surface area (Å²) < 4.78 is 0. The van der Waals surface area contributed by atoms with Gasteiger partial charge in [0.2, 0.25) is 6.08 Å². The third-order valence-corrected chi connectivity index (χ3v) is 1.45. The van der Waals surface area contributed by atoms with Gasteiger partial charge in [-0.1, -0.05) is 0 Å². The fourth-order valence-corrected chi connectivity index (χ4v) is 0.802. The van der Waals surface area contributed by atoms with Crippen LogP contribution in [0, 0.1) is 18.3 Å². The van der Waals surface area contributed by atoms with E-state index in [1.165, 1.54) is 12.3 Å². The van der Waals surface area contributed by atoms with E-state index in [1.54, 1.807) is 13.0 Å². The van der Waals surface area contributed by atoms with Gasteiger partial charge in [0.15, 0.2) is 5.82 Å². The van der Waals surface area contributed by atoms with Gasteiger partial charge in [-0.2, -0.15) is 5.26 Å². The van der Waals surface area contributed by atoms with E-state index in [0.29, 0.717) is 11.1 Å². The maximum atomic E-state index is 9.91. The molecule has 0 aliphatic rings. The molecule has 0 saturated carbocycles. The Morgan fingerprint density at radius 1 is 1.67 bits per heavy atom. The Balaban J connectivity index is 3.34. The first-order valence-electron chi connectivity index (χ1n) is 3.23. The quantitative estimate of drug-likeness (QED) is 0.457. The van der Waals surface area contributed by atoms with E-state index >= 15 is 0 Å². The number of aromatic nitrogens is 1. The summed E-state index contributed by atoms with van der Waals surface area (Å²) in [5, 5.41) is 8.59. The van der Waals surface area contributed by atoms with Gasteiger partial charge in [0.05, 0.1) is 11.6 Å². The standard InChI is InChI=1S/C8H5N3O/c1-6-7(4-9)2-3-10-8(6)11-5-12/h2-3H,1H3. The van der Waals surface area contributed by atoms with Crippen LogP contribution in [0.1, 0.15) is 11.1 Å². The summed E-state index contributed by atoms with van der Waals surface area (Å²) in [4.78, 5) is 17.1. The van der Waals surface area contributed by atoms with Gasteiger partial charge in [0.1, 0.15) is 0 Å². The molecule has 0 amide bonds. The lowest BCUT2D eigenvalue weighted by atomic mass is 10.2. The summed E-state index contributed by atoms with van der Waals surface area (Å²) in [7, 11) is 0. The van der Waals surface area contributed by atoms with Gasteiger partial charge in [0.25, 0.3) is 0 Å². The SMILES string of the molecule is Cc1c(C#N)ccnc1N=C=O. The first kappa shape index (κ1) is 8.12. The molecule has 0 unspecified atom stereocenters. The molecule has 0 fully saturated rings. The number of nitriles is 1. The molecule has 1 heterocycles. The Morgan fingerprint density at radius 2 is 2.42 bits per heavy atom. The minimum absolute atomic E-state index is 0.254. The Hall–Kier alpha value is -1.98. The van der Waals surface area contributed by atoms with Crippen molar-refractivity contribution in [3.05, 3.63) is 23.4 Å². The van der Waals surface area contributed by atoms with E-state index in [4.69, 9.17) is 5.26 Å². The van der Waals surface area contributed by atoms with Crippen LogP contribution in [0.4, 0.5) is 5.82 Å². The number of nitrogens with zero attached hydrogens (tertiary/aromatic N) is 3. The molecule has 0 saturated heterocycles. The van der Waals surface area contributed by atoms with Crippen molar-refractivity contribution in [2.75, 3.05) is 0 Å². The second kappa shape index (κ2) is 3.42. The summed E-state index contributed by atoms with van der Waals surface area (Å²) in [6.07, 6.45) is 2.81. The molecule has 4 heteroatoms. The highest BCUT2D eigenvalue weighted by atomic mass is 16.1. The van der Waals surface area contributed by atoms with Crippen LogP contribution in [0.2, 0.25) is 0 Å². The fraction of sp³-hybridized carbons (Fsp3) is 0.125. The molecule has 1 aromatic rings. The lowest BCUT2D eigenvalue weighted by Gasteiger charge is -1.96. The normalized spacial score (nSPS) is 8.33. The summed E-state index contributed by atoms with van der Waals surface area (Å²) >= 11 is 0. The van der Waals surface area contributed by atoms with Crippen molar-refractivity contribution in [3.8, 4) is 6.07 Å². The van der Waals surface area contributed by atoms with Crippen LogP contribution in [0.15, 0.2) is 17.3 Å². The van der Waals surface area contributed by atoms with Crippen LogP contribution in [-0.4, -0.2) is 11.1 Å². The van der Waals surface area contributed by atoms with E-state index in [0.717, 1.165) is 0 Å². The summed E-state index contributed by atoms with van der Waals surface area (Å²) in [5.41, 5.74) is 1.07. The summed E-state index contributed by atoms with van der Waals surface area (Å²) in [6, 6.07) is 3.53. The van der Waals surface area contributed by atoms with Gasteiger partial charge in [-0.15, -0.1) is 4.99 Å². The molecule has 0 aromatic carbocycles. The zero-order valence-electron chi connectivity index (χ0n) is 6.40. The number of hydrogen-bond donors (Lipinski definition) is 0. The minimum Gasteiger partial charge on any atom is -0.236 e. The first-order valence-corrected chi connectivity index (χ1v) is 3.23. The number of aliphatic imine (C=N–C) groups is 1. The summed E-state index contributed by atoms with van der Waals surface area (Å²) in [5.74, 6) is 0.254. The monoisotopic (exact) mass is 159 g/mol. The topological polar surface area (TPSA) is 66.1 Å². The molecule has 0 N–H and O–H groups in total. The van der Waals surface area contributed by atoms with Crippen LogP contribution in [0.3, 0.4) is 0 Å². The number of carbonyl (C=O) groups excluding carboxylic acids is 1. The van der Waals surface area contributed by atoms with Gasteiger partial charge in [-0.3, -0.25) is 0 Å². The highest BCUT2D eigenvalue weighted by molar-refractivity contribution is 5.53. The highest BCUT2D eigenvalue weighted by Gasteiger charge is 2.02. The highest BCUT2D eigenvalue weighted by Crippen LogP contribution is 2.16. The number of hydrogen-bond acceptors (Lipinski definition) is 4. The Kier molecular flexibility index (Phi) is 2.32. The molecule has 0 bridgehead atoms. The Bertz CT molecular complexity index is 386. The van der Waals surface area contributed by atoms with E-state index < -0.39 is 0 Å². The maximum absolute atomic E-state index is 9.91. The number of pyridine rings is 1. The second-order valence-corrected chi connectivity index (χ2v) is 2.12. The Morgan fingerprint density at radius 3 is 3.00 bits per heavy atom. The van der Waals surface area contributed by atoms with E-state index in [2.05, 4.69) is 9.98 Å². The molecule has 1 aromatic heterocycles. The molecular weight excluding hydrogens is 154 g/mol.